The van der Waals surface area contributed by atoms with Crippen LogP contribution in [0, 0.1) is 0 Å². The Hall–Kier alpha value is -0.370. The molecule has 0 aliphatic rings. The minimum absolute atomic E-state index is 0.148. The summed E-state index contributed by atoms with van der Waals surface area (Å²) in [6.45, 7) is 6.48. The topological polar surface area (TPSA) is 26.3 Å². The maximum atomic E-state index is 11.0. The molecular formula is C10H20O2. The number of Topliss-reactive ketones (excluding diaryl/α,β-unsaturated/α-hetero) is 1. The smallest absolute Gasteiger partial charge is 0.158 e. The van der Waals surface area contributed by atoms with E-state index in [4.69, 9.17) is 4.74 Å². The fourth-order valence-corrected chi connectivity index (χ4v) is 1.05. The molecule has 2 heteroatoms. The van der Waals surface area contributed by atoms with Crippen molar-refractivity contribution < 1.29 is 9.53 Å². The van der Waals surface area contributed by atoms with E-state index >= 15 is 0 Å². The summed E-state index contributed by atoms with van der Waals surface area (Å²) in [5.41, 5.74) is 0. The molecule has 0 saturated carbocycles. The number of ether oxygens (including phenoxy) is 1. The Morgan fingerprint density at radius 2 is 2.00 bits per heavy atom. The summed E-state index contributed by atoms with van der Waals surface area (Å²) < 4.78 is 5.41. The summed E-state index contributed by atoms with van der Waals surface area (Å²) in [7, 11) is 0. The standard InChI is InChI=1S/C10H20O2/c1-4-6-7-10(9(3)11)12-8-5-2/h10H,4-8H2,1-3H3. The average Bonchev–Trinajstić information content (AvgIpc) is 2.04. The molecule has 0 spiro atoms. The van der Waals surface area contributed by atoms with Gasteiger partial charge in [-0.15, -0.1) is 0 Å². The van der Waals surface area contributed by atoms with E-state index in [-0.39, 0.29) is 11.9 Å². The van der Waals surface area contributed by atoms with Crippen LogP contribution in [0.25, 0.3) is 0 Å². The molecule has 0 aliphatic carbocycles. The van der Waals surface area contributed by atoms with Gasteiger partial charge in [0.05, 0.1) is 0 Å². The van der Waals surface area contributed by atoms with Crippen molar-refractivity contribution in [3.63, 3.8) is 0 Å². The van der Waals surface area contributed by atoms with Gasteiger partial charge in [0.1, 0.15) is 6.10 Å². The largest absolute Gasteiger partial charge is 0.370 e. The lowest BCUT2D eigenvalue weighted by Crippen LogP contribution is -2.22. The Morgan fingerprint density at radius 1 is 1.33 bits per heavy atom. The zero-order valence-electron chi connectivity index (χ0n) is 8.43. The molecule has 0 aliphatic heterocycles. The summed E-state index contributed by atoms with van der Waals surface area (Å²) in [4.78, 5) is 11.0. The van der Waals surface area contributed by atoms with Crippen molar-refractivity contribution in [2.24, 2.45) is 0 Å². The van der Waals surface area contributed by atoms with Gasteiger partial charge in [0, 0.05) is 6.61 Å². The number of hydrogen-bond donors (Lipinski definition) is 0. The first-order chi connectivity index (χ1) is 5.72. The van der Waals surface area contributed by atoms with Gasteiger partial charge in [-0.3, -0.25) is 4.79 Å². The van der Waals surface area contributed by atoms with Gasteiger partial charge in [-0.1, -0.05) is 26.7 Å². The third kappa shape index (κ3) is 5.30. The Morgan fingerprint density at radius 3 is 2.42 bits per heavy atom. The lowest BCUT2D eigenvalue weighted by Gasteiger charge is -2.13. The third-order valence-corrected chi connectivity index (χ3v) is 1.80. The molecule has 1 unspecified atom stereocenters. The van der Waals surface area contributed by atoms with Crippen LogP contribution in [0.4, 0.5) is 0 Å². The first kappa shape index (κ1) is 11.6. The Bertz CT molecular complexity index is 113. The minimum atomic E-state index is -0.148. The van der Waals surface area contributed by atoms with Crippen molar-refractivity contribution in [3.8, 4) is 0 Å². The normalized spacial score (nSPS) is 12.9. The maximum absolute atomic E-state index is 11.0. The van der Waals surface area contributed by atoms with Crippen LogP contribution in [-0.2, 0) is 9.53 Å². The number of hydrogen-bond acceptors (Lipinski definition) is 2. The molecule has 0 radical (unpaired) electrons. The zero-order chi connectivity index (χ0) is 9.40. The molecule has 0 rings (SSSR count). The van der Waals surface area contributed by atoms with Gasteiger partial charge in [0.2, 0.25) is 0 Å². The lowest BCUT2D eigenvalue weighted by molar-refractivity contribution is -0.128. The fraction of sp³-hybridized carbons (Fsp3) is 0.900. The number of rotatable bonds is 7. The zero-order valence-corrected chi connectivity index (χ0v) is 8.43. The van der Waals surface area contributed by atoms with Crippen LogP contribution >= 0.6 is 0 Å². The quantitative estimate of drug-likeness (QED) is 0.590. The van der Waals surface area contributed by atoms with Crippen molar-refractivity contribution in [1.82, 2.24) is 0 Å². The first-order valence-electron chi connectivity index (χ1n) is 4.84. The predicted octanol–water partition coefficient (Wildman–Crippen LogP) is 2.56. The van der Waals surface area contributed by atoms with E-state index in [9.17, 15) is 4.79 Å². The molecule has 0 saturated heterocycles. The van der Waals surface area contributed by atoms with Gasteiger partial charge >= 0.3 is 0 Å². The van der Waals surface area contributed by atoms with Crippen LogP contribution in [0.3, 0.4) is 0 Å². The highest BCUT2D eigenvalue weighted by Crippen LogP contribution is 2.06. The monoisotopic (exact) mass is 172 g/mol. The van der Waals surface area contributed by atoms with Crippen LogP contribution < -0.4 is 0 Å². The molecule has 0 aromatic heterocycles. The molecule has 0 aromatic rings. The molecule has 72 valence electrons. The maximum Gasteiger partial charge on any atom is 0.158 e. The molecule has 0 amide bonds. The highest BCUT2D eigenvalue weighted by Gasteiger charge is 2.12. The van der Waals surface area contributed by atoms with Crippen LogP contribution in [0.2, 0.25) is 0 Å². The highest BCUT2D eigenvalue weighted by atomic mass is 16.5. The van der Waals surface area contributed by atoms with Gasteiger partial charge in [-0.2, -0.15) is 0 Å². The molecule has 0 N–H and O–H groups in total. The van der Waals surface area contributed by atoms with Crippen molar-refractivity contribution in [3.05, 3.63) is 0 Å². The first-order valence-corrected chi connectivity index (χ1v) is 4.84. The van der Waals surface area contributed by atoms with Crippen molar-refractivity contribution >= 4 is 5.78 Å². The fourth-order valence-electron chi connectivity index (χ4n) is 1.05. The second-order valence-corrected chi connectivity index (χ2v) is 3.11. The van der Waals surface area contributed by atoms with E-state index in [1.807, 2.05) is 0 Å². The summed E-state index contributed by atoms with van der Waals surface area (Å²) in [6.07, 6.45) is 3.92. The molecule has 0 aromatic carbocycles. The SMILES string of the molecule is CCCCC(OCCC)C(C)=O. The van der Waals surface area contributed by atoms with Gasteiger partial charge < -0.3 is 4.74 Å². The molecule has 1 atom stereocenters. The molecule has 0 heterocycles. The number of unbranched alkanes of at least 4 members (excludes halogenated alkanes) is 1. The second kappa shape index (κ2) is 7.29. The number of carbonyl (C=O) groups excluding carboxylic acids is 1. The van der Waals surface area contributed by atoms with E-state index < -0.39 is 0 Å². The lowest BCUT2D eigenvalue weighted by atomic mass is 10.1. The summed E-state index contributed by atoms with van der Waals surface area (Å²) >= 11 is 0. The van der Waals surface area contributed by atoms with Crippen molar-refractivity contribution in [2.75, 3.05) is 6.61 Å². The van der Waals surface area contributed by atoms with E-state index in [1.54, 1.807) is 6.92 Å². The average molecular weight is 172 g/mol. The van der Waals surface area contributed by atoms with Crippen molar-refractivity contribution in [1.29, 1.82) is 0 Å². The number of ketones is 1. The van der Waals surface area contributed by atoms with E-state index in [2.05, 4.69) is 13.8 Å². The third-order valence-electron chi connectivity index (χ3n) is 1.80. The second-order valence-electron chi connectivity index (χ2n) is 3.11. The minimum Gasteiger partial charge on any atom is -0.370 e. The van der Waals surface area contributed by atoms with Crippen LogP contribution in [0.1, 0.15) is 46.5 Å². The van der Waals surface area contributed by atoms with Crippen LogP contribution in [0.15, 0.2) is 0 Å². The molecule has 0 bridgehead atoms. The molecule has 0 fully saturated rings. The predicted molar refractivity (Wildman–Crippen MR) is 50.2 cm³/mol. The molecule has 12 heavy (non-hydrogen) atoms. The van der Waals surface area contributed by atoms with Crippen LogP contribution in [-0.4, -0.2) is 18.5 Å². The summed E-state index contributed by atoms with van der Waals surface area (Å²) in [5.74, 6) is 0.164. The molecular weight excluding hydrogens is 152 g/mol. The van der Waals surface area contributed by atoms with Gasteiger partial charge in [-0.25, -0.2) is 0 Å². The van der Waals surface area contributed by atoms with Gasteiger partial charge in [0.15, 0.2) is 5.78 Å². The van der Waals surface area contributed by atoms with E-state index in [0.717, 1.165) is 25.7 Å². The van der Waals surface area contributed by atoms with Crippen molar-refractivity contribution in [2.45, 2.75) is 52.6 Å². The van der Waals surface area contributed by atoms with Gasteiger partial charge in [0.25, 0.3) is 0 Å². The Balaban J connectivity index is 3.62. The van der Waals surface area contributed by atoms with E-state index in [0.29, 0.717) is 6.61 Å². The molecule has 2 nitrogen and oxygen atoms in total. The van der Waals surface area contributed by atoms with E-state index in [1.165, 1.54) is 0 Å². The number of carbonyl (C=O) groups is 1. The summed E-state index contributed by atoms with van der Waals surface area (Å²) in [6, 6.07) is 0. The Labute approximate surface area is 75.3 Å². The highest BCUT2D eigenvalue weighted by molar-refractivity contribution is 5.80. The van der Waals surface area contributed by atoms with Crippen LogP contribution in [0.5, 0.6) is 0 Å². The van der Waals surface area contributed by atoms with Gasteiger partial charge in [-0.05, 0) is 19.8 Å². The summed E-state index contributed by atoms with van der Waals surface area (Å²) in [5, 5.41) is 0. The Kier molecular flexibility index (Phi) is 7.06.